The highest BCUT2D eigenvalue weighted by Gasteiger charge is 2.07. The topological polar surface area (TPSA) is 35.0 Å². The Bertz CT molecular complexity index is 505. The average Bonchev–Trinajstić information content (AvgIpc) is 2.30. The molecule has 88 valence electrons. The lowest BCUT2D eigenvalue weighted by atomic mass is 10.1. The summed E-state index contributed by atoms with van der Waals surface area (Å²) in [6.07, 6.45) is 2.98. The molecule has 2 rings (SSSR count). The number of ether oxygens (including phenoxy) is 1. The molecule has 0 N–H and O–H groups in total. The van der Waals surface area contributed by atoms with Gasteiger partial charge in [-0.1, -0.05) is 11.6 Å². The lowest BCUT2D eigenvalue weighted by Crippen LogP contribution is -2.01. The van der Waals surface area contributed by atoms with Crippen molar-refractivity contribution in [3.05, 3.63) is 41.8 Å². The SMILES string of the molecule is FC(F)Oc1ccc(-c2nccnc2Cl)cc1. The number of alkyl halides is 2. The van der Waals surface area contributed by atoms with Gasteiger partial charge in [0, 0.05) is 18.0 Å². The molecule has 0 unspecified atom stereocenters. The van der Waals surface area contributed by atoms with E-state index >= 15 is 0 Å². The van der Waals surface area contributed by atoms with Crippen LogP contribution in [0.1, 0.15) is 0 Å². The van der Waals surface area contributed by atoms with Crippen LogP contribution in [-0.2, 0) is 0 Å². The fourth-order valence-corrected chi connectivity index (χ4v) is 1.52. The van der Waals surface area contributed by atoms with Crippen molar-refractivity contribution in [3.8, 4) is 17.0 Å². The molecule has 6 heteroatoms. The fourth-order valence-electron chi connectivity index (χ4n) is 1.31. The molecule has 1 aromatic carbocycles. The first-order valence-corrected chi connectivity index (χ1v) is 5.06. The third kappa shape index (κ3) is 2.88. The lowest BCUT2D eigenvalue weighted by molar-refractivity contribution is -0.0498. The van der Waals surface area contributed by atoms with Crippen LogP contribution in [0.2, 0.25) is 5.15 Å². The van der Waals surface area contributed by atoms with Crippen molar-refractivity contribution in [2.45, 2.75) is 6.61 Å². The van der Waals surface area contributed by atoms with Crippen LogP contribution >= 0.6 is 11.6 Å². The Kier molecular flexibility index (Phi) is 3.49. The van der Waals surface area contributed by atoms with Gasteiger partial charge in [0.2, 0.25) is 0 Å². The average molecular weight is 257 g/mol. The Labute approximate surface area is 101 Å². The summed E-state index contributed by atoms with van der Waals surface area (Å²) < 4.78 is 28.1. The molecule has 0 amide bonds. The van der Waals surface area contributed by atoms with E-state index in [-0.39, 0.29) is 10.9 Å². The smallest absolute Gasteiger partial charge is 0.387 e. The molecular weight excluding hydrogens is 250 g/mol. The molecule has 0 aliphatic rings. The van der Waals surface area contributed by atoms with Crippen LogP contribution in [0, 0.1) is 0 Å². The highest BCUT2D eigenvalue weighted by Crippen LogP contribution is 2.25. The number of nitrogens with zero attached hydrogens (tertiary/aromatic N) is 2. The number of halogens is 3. The number of hydrogen-bond donors (Lipinski definition) is 0. The van der Waals surface area contributed by atoms with Gasteiger partial charge in [-0.2, -0.15) is 8.78 Å². The summed E-state index contributed by atoms with van der Waals surface area (Å²) in [6, 6.07) is 6.03. The van der Waals surface area contributed by atoms with Gasteiger partial charge >= 0.3 is 6.61 Å². The number of aromatic nitrogens is 2. The minimum atomic E-state index is -2.83. The molecule has 0 saturated heterocycles. The van der Waals surface area contributed by atoms with E-state index in [1.54, 1.807) is 12.1 Å². The van der Waals surface area contributed by atoms with Crippen LogP contribution in [0.15, 0.2) is 36.7 Å². The largest absolute Gasteiger partial charge is 0.435 e. The zero-order valence-corrected chi connectivity index (χ0v) is 9.23. The summed E-state index contributed by atoms with van der Waals surface area (Å²) in [4.78, 5) is 7.93. The molecule has 0 aliphatic heterocycles. The van der Waals surface area contributed by atoms with Gasteiger partial charge in [-0.3, -0.25) is 4.98 Å². The quantitative estimate of drug-likeness (QED) is 0.844. The van der Waals surface area contributed by atoms with Gasteiger partial charge in [0.1, 0.15) is 11.4 Å². The maximum atomic E-state index is 11.9. The minimum Gasteiger partial charge on any atom is -0.435 e. The molecule has 1 aromatic heterocycles. The molecular formula is C11H7ClF2N2O. The molecule has 0 radical (unpaired) electrons. The van der Waals surface area contributed by atoms with E-state index in [1.165, 1.54) is 24.5 Å². The molecule has 0 fully saturated rings. The van der Waals surface area contributed by atoms with Gasteiger partial charge in [-0.25, -0.2) is 4.98 Å². The van der Waals surface area contributed by atoms with Gasteiger partial charge in [0.15, 0.2) is 5.15 Å². The predicted octanol–water partition coefficient (Wildman–Crippen LogP) is 3.40. The third-order valence-corrected chi connectivity index (χ3v) is 2.28. The first-order chi connectivity index (χ1) is 8.16. The van der Waals surface area contributed by atoms with Crippen molar-refractivity contribution >= 4 is 11.6 Å². The molecule has 17 heavy (non-hydrogen) atoms. The van der Waals surface area contributed by atoms with Crippen LogP contribution in [0.3, 0.4) is 0 Å². The predicted molar refractivity (Wildman–Crippen MR) is 59.1 cm³/mol. The van der Waals surface area contributed by atoms with E-state index in [9.17, 15) is 8.78 Å². The van der Waals surface area contributed by atoms with Gasteiger partial charge in [-0.15, -0.1) is 0 Å². The van der Waals surface area contributed by atoms with Crippen molar-refractivity contribution in [2.24, 2.45) is 0 Å². The summed E-state index contributed by atoms with van der Waals surface area (Å²) in [6.45, 7) is -2.83. The zero-order valence-electron chi connectivity index (χ0n) is 8.48. The second kappa shape index (κ2) is 5.05. The Hall–Kier alpha value is -1.75. The first kappa shape index (κ1) is 11.7. The number of benzene rings is 1. The van der Waals surface area contributed by atoms with E-state index < -0.39 is 6.61 Å². The van der Waals surface area contributed by atoms with Gasteiger partial charge in [-0.05, 0) is 24.3 Å². The third-order valence-electron chi connectivity index (χ3n) is 2.01. The molecule has 0 aliphatic carbocycles. The summed E-state index contributed by atoms with van der Waals surface area (Å²) in [5.74, 6) is 0.0868. The van der Waals surface area contributed by atoms with Crippen molar-refractivity contribution < 1.29 is 13.5 Å². The van der Waals surface area contributed by atoms with Gasteiger partial charge in [0.05, 0.1) is 0 Å². The van der Waals surface area contributed by atoms with Gasteiger partial charge in [0.25, 0.3) is 0 Å². The minimum absolute atomic E-state index is 0.0868. The second-order valence-corrected chi connectivity index (χ2v) is 3.46. The second-order valence-electron chi connectivity index (χ2n) is 3.10. The van der Waals surface area contributed by atoms with Gasteiger partial charge < -0.3 is 4.74 Å². The molecule has 2 aromatic rings. The van der Waals surface area contributed by atoms with Crippen molar-refractivity contribution in [1.29, 1.82) is 0 Å². The van der Waals surface area contributed by atoms with E-state index in [0.29, 0.717) is 11.3 Å². The Morgan fingerprint density at radius 1 is 1.06 bits per heavy atom. The highest BCUT2D eigenvalue weighted by atomic mass is 35.5. The monoisotopic (exact) mass is 256 g/mol. The van der Waals surface area contributed by atoms with Crippen LogP contribution in [0.5, 0.6) is 5.75 Å². The van der Waals surface area contributed by atoms with Crippen LogP contribution in [0.25, 0.3) is 11.3 Å². The van der Waals surface area contributed by atoms with Crippen molar-refractivity contribution in [1.82, 2.24) is 9.97 Å². The maximum absolute atomic E-state index is 11.9. The Balaban J connectivity index is 2.27. The number of rotatable bonds is 3. The molecule has 0 atom stereocenters. The molecule has 0 bridgehead atoms. The summed E-state index contributed by atoms with van der Waals surface area (Å²) in [5, 5.41) is 0.259. The lowest BCUT2D eigenvalue weighted by Gasteiger charge is -2.05. The van der Waals surface area contributed by atoms with Crippen LogP contribution < -0.4 is 4.74 Å². The molecule has 1 heterocycles. The standard InChI is InChI=1S/C11H7ClF2N2O/c12-10-9(15-5-6-16-10)7-1-3-8(4-2-7)17-11(13)14/h1-6,11H. The fraction of sp³-hybridized carbons (Fsp3) is 0.0909. The van der Waals surface area contributed by atoms with Crippen molar-refractivity contribution in [2.75, 3.05) is 0 Å². The van der Waals surface area contributed by atoms with E-state index in [0.717, 1.165) is 0 Å². The maximum Gasteiger partial charge on any atom is 0.387 e. The zero-order chi connectivity index (χ0) is 12.3. The summed E-state index contributed by atoms with van der Waals surface area (Å²) >= 11 is 5.86. The summed E-state index contributed by atoms with van der Waals surface area (Å²) in [5.41, 5.74) is 1.18. The Morgan fingerprint density at radius 3 is 2.29 bits per heavy atom. The van der Waals surface area contributed by atoms with Crippen LogP contribution in [-0.4, -0.2) is 16.6 Å². The van der Waals surface area contributed by atoms with E-state index in [4.69, 9.17) is 11.6 Å². The molecule has 3 nitrogen and oxygen atoms in total. The Morgan fingerprint density at radius 2 is 1.71 bits per heavy atom. The van der Waals surface area contributed by atoms with E-state index in [2.05, 4.69) is 14.7 Å². The highest BCUT2D eigenvalue weighted by molar-refractivity contribution is 6.31. The van der Waals surface area contributed by atoms with E-state index in [1.807, 2.05) is 0 Å². The normalized spacial score (nSPS) is 10.6. The molecule has 0 saturated carbocycles. The first-order valence-electron chi connectivity index (χ1n) is 4.68. The van der Waals surface area contributed by atoms with Crippen LogP contribution in [0.4, 0.5) is 8.78 Å². The molecule has 0 spiro atoms. The summed E-state index contributed by atoms with van der Waals surface area (Å²) in [7, 11) is 0. The number of hydrogen-bond acceptors (Lipinski definition) is 3. The van der Waals surface area contributed by atoms with Crippen molar-refractivity contribution in [3.63, 3.8) is 0 Å².